The summed E-state index contributed by atoms with van der Waals surface area (Å²) >= 11 is 0. The molecule has 2 aromatic heterocycles. The number of aromatic amines is 1. The molecule has 0 atom stereocenters. The third-order valence-electron chi connectivity index (χ3n) is 5.05. The van der Waals surface area contributed by atoms with Gasteiger partial charge in [-0.25, -0.2) is 0 Å². The lowest BCUT2D eigenvalue weighted by Gasteiger charge is -2.32. The summed E-state index contributed by atoms with van der Waals surface area (Å²) in [6.45, 7) is 3.55. The number of piperidine rings is 1. The van der Waals surface area contributed by atoms with Crippen LogP contribution in [0, 0.1) is 6.92 Å². The zero-order chi connectivity index (χ0) is 19.5. The van der Waals surface area contributed by atoms with Crippen molar-refractivity contribution in [2.24, 2.45) is 5.73 Å². The minimum absolute atomic E-state index is 0.0122. The van der Waals surface area contributed by atoms with Gasteiger partial charge in [-0.3, -0.25) is 4.79 Å². The molecule has 1 aliphatic rings. The molecular formula is C20H25N7O. The Morgan fingerprint density at radius 1 is 1.29 bits per heavy atom. The van der Waals surface area contributed by atoms with E-state index in [1.54, 1.807) is 0 Å². The number of amides is 1. The zero-order valence-electron chi connectivity index (χ0n) is 15.9. The smallest absolute Gasteiger partial charge is 0.236 e. The molecule has 0 saturated carbocycles. The van der Waals surface area contributed by atoms with Gasteiger partial charge in [-0.2, -0.15) is 9.97 Å². The number of nitrogens with one attached hydrogen (secondary N) is 3. The first-order valence-corrected chi connectivity index (χ1v) is 9.55. The largest absolute Gasteiger partial charge is 0.366 e. The second-order valence-electron chi connectivity index (χ2n) is 7.13. The van der Waals surface area contributed by atoms with Gasteiger partial charge in [-0.1, -0.05) is 12.1 Å². The second kappa shape index (κ2) is 7.85. The minimum atomic E-state index is 0.0122. The number of nitrogens with zero attached hydrogens (tertiary/aromatic N) is 3. The maximum Gasteiger partial charge on any atom is 0.236 e. The van der Waals surface area contributed by atoms with Crippen LogP contribution in [0.4, 0.5) is 17.5 Å². The Labute approximate surface area is 163 Å². The Bertz CT molecular complexity index is 976. The molecule has 0 bridgehead atoms. The van der Waals surface area contributed by atoms with Gasteiger partial charge in [-0.15, -0.1) is 0 Å². The van der Waals surface area contributed by atoms with Crippen LogP contribution in [0.1, 0.15) is 18.4 Å². The lowest BCUT2D eigenvalue weighted by molar-refractivity contribution is -0.130. The Kier molecular flexibility index (Phi) is 5.12. The van der Waals surface area contributed by atoms with Gasteiger partial charge in [-0.05, 0) is 43.5 Å². The van der Waals surface area contributed by atoms with Crippen LogP contribution < -0.4 is 16.4 Å². The van der Waals surface area contributed by atoms with E-state index in [9.17, 15) is 4.79 Å². The van der Waals surface area contributed by atoms with Crippen LogP contribution in [-0.4, -0.2) is 51.4 Å². The number of hydrogen-bond acceptors (Lipinski definition) is 6. The molecule has 0 unspecified atom stereocenters. The second-order valence-corrected chi connectivity index (χ2v) is 7.13. The molecule has 1 saturated heterocycles. The summed E-state index contributed by atoms with van der Waals surface area (Å²) in [5, 5.41) is 7.78. The molecule has 146 valence electrons. The quantitative estimate of drug-likeness (QED) is 0.541. The van der Waals surface area contributed by atoms with Gasteiger partial charge in [0.25, 0.3) is 0 Å². The Balaban J connectivity index is 1.52. The SMILES string of the molecule is Cc1cccc(Nc2nc(NC3CCN(C(=O)CN)CC3)c3cc[nH]c3n2)c1. The molecule has 0 spiro atoms. The van der Waals surface area contributed by atoms with Gasteiger partial charge in [0.1, 0.15) is 11.5 Å². The van der Waals surface area contributed by atoms with Crippen molar-refractivity contribution in [3.8, 4) is 0 Å². The predicted molar refractivity (Wildman–Crippen MR) is 111 cm³/mol. The third kappa shape index (κ3) is 3.91. The number of likely N-dealkylation sites (tertiary alicyclic amines) is 1. The van der Waals surface area contributed by atoms with E-state index < -0.39 is 0 Å². The van der Waals surface area contributed by atoms with Crippen LogP contribution in [0.5, 0.6) is 0 Å². The molecule has 3 heterocycles. The fourth-order valence-corrected chi connectivity index (χ4v) is 3.55. The van der Waals surface area contributed by atoms with Crippen molar-refractivity contribution in [2.75, 3.05) is 30.3 Å². The van der Waals surface area contributed by atoms with Crippen molar-refractivity contribution >= 4 is 34.4 Å². The molecule has 1 fully saturated rings. The summed E-state index contributed by atoms with van der Waals surface area (Å²) in [5.74, 6) is 1.35. The number of benzene rings is 1. The van der Waals surface area contributed by atoms with Gasteiger partial charge in [0.15, 0.2) is 0 Å². The van der Waals surface area contributed by atoms with Crippen LogP contribution in [0.15, 0.2) is 36.5 Å². The molecule has 1 aromatic carbocycles. The lowest BCUT2D eigenvalue weighted by Crippen LogP contribution is -2.44. The molecule has 0 aliphatic carbocycles. The first-order chi connectivity index (χ1) is 13.6. The average molecular weight is 379 g/mol. The number of carbonyl (C=O) groups is 1. The van der Waals surface area contributed by atoms with Crippen LogP contribution in [0.2, 0.25) is 0 Å². The summed E-state index contributed by atoms with van der Waals surface area (Å²) in [6.07, 6.45) is 3.59. The third-order valence-corrected chi connectivity index (χ3v) is 5.05. The van der Waals surface area contributed by atoms with Crippen LogP contribution in [-0.2, 0) is 4.79 Å². The highest BCUT2D eigenvalue weighted by Gasteiger charge is 2.23. The standard InChI is InChI=1S/C20H25N7O/c1-13-3-2-4-15(11-13)24-20-25-18-16(5-8-22-18)19(26-20)23-14-6-9-27(10-7-14)17(28)12-21/h2-5,8,11,14H,6-7,9-10,12,21H2,1H3,(H3,22,23,24,25,26). The fourth-order valence-electron chi connectivity index (χ4n) is 3.55. The van der Waals surface area contributed by atoms with E-state index in [-0.39, 0.29) is 18.5 Å². The lowest BCUT2D eigenvalue weighted by atomic mass is 10.0. The van der Waals surface area contributed by atoms with Gasteiger partial charge in [0.2, 0.25) is 11.9 Å². The summed E-state index contributed by atoms with van der Waals surface area (Å²) in [7, 11) is 0. The summed E-state index contributed by atoms with van der Waals surface area (Å²) in [6, 6.07) is 10.3. The summed E-state index contributed by atoms with van der Waals surface area (Å²) in [5.41, 5.74) is 8.37. The fraction of sp³-hybridized carbons (Fsp3) is 0.350. The maximum atomic E-state index is 11.8. The molecule has 5 N–H and O–H groups in total. The number of fused-ring (bicyclic) bond motifs is 1. The van der Waals surface area contributed by atoms with Crippen molar-refractivity contribution in [3.05, 3.63) is 42.1 Å². The zero-order valence-corrected chi connectivity index (χ0v) is 15.9. The van der Waals surface area contributed by atoms with E-state index in [1.165, 1.54) is 5.56 Å². The van der Waals surface area contributed by atoms with Crippen molar-refractivity contribution in [3.63, 3.8) is 0 Å². The predicted octanol–water partition coefficient (Wildman–Crippen LogP) is 2.37. The summed E-state index contributed by atoms with van der Waals surface area (Å²) < 4.78 is 0. The molecule has 8 heteroatoms. The Morgan fingerprint density at radius 2 is 2.11 bits per heavy atom. The van der Waals surface area contributed by atoms with Crippen LogP contribution in [0.3, 0.4) is 0 Å². The molecule has 4 rings (SSSR count). The molecule has 8 nitrogen and oxygen atoms in total. The number of hydrogen-bond donors (Lipinski definition) is 4. The molecular weight excluding hydrogens is 354 g/mol. The van der Waals surface area contributed by atoms with Gasteiger partial charge >= 0.3 is 0 Å². The number of H-pyrrole nitrogens is 1. The monoisotopic (exact) mass is 379 g/mol. The molecule has 0 radical (unpaired) electrons. The highest BCUT2D eigenvalue weighted by atomic mass is 16.2. The number of carbonyl (C=O) groups excluding carboxylic acids is 1. The van der Waals surface area contributed by atoms with Crippen LogP contribution in [0.25, 0.3) is 11.0 Å². The van der Waals surface area contributed by atoms with Crippen molar-refractivity contribution < 1.29 is 4.79 Å². The number of aryl methyl sites for hydroxylation is 1. The highest BCUT2D eigenvalue weighted by molar-refractivity contribution is 5.88. The molecule has 3 aromatic rings. The normalized spacial score (nSPS) is 15.0. The topological polar surface area (TPSA) is 112 Å². The number of aromatic nitrogens is 3. The Hall–Kier alpha value is -3.13. The van der Waals surface area contributed by atoms with Crippen LogP contribution >= 0.6 is 0 Å². The van der Waals surface area contributed by atoms with E-state index in [1.807, 2.05) is 29.3 Å². The van der Waals surface area contributed by atoms with E-state index in [2.05, 4.69) is 39.7 Å². The number of anilines is 3. The van der Waals surface area contributed by atoms with Gasteiger partial charge < -0.3 is 26.3 Å². The number of rotatable bonds is 5. The molecule has 1 aliphatic heterocycles. The van der Waals surface area contributed by atoms with Crippen molar-refractivity contribution in [2.45, 2.75) is 25.8 Å². The van der Waals surface area contributed by atoms with E-state index >= 15 is 0 Å². The number of nitrogens with two attached hydrogens (primary N) is 1. The highest BCUT2D eigenvalue weighted by Crippen LogP contribution is 2.25. The van der Waals surface area contributed by atoms with Gasteiger partial charge in [0, 0.05) is 31.0 Å². The van der Waals surface area contributed by atoms with Crippen molar-refractivity contribution in [1.82, 2.24) is 19.9 Å². The van der Waals surface area contributed by atoms with E-state index in [0.29, 0.717) is 19.0 Å². The minimum Gasteiger partial charge on any atom is -0.366 e. The molecule has 28 heavy (non-hydrogen) atoms. The van der Waals surface area contributed by atoms with Crippen molar-refractivity contribution in [1.29, 1.82) is 0 Å². The summed E-state index contributed by atoms with van der Waals surface area (Å²) in [4.78, 5) is 26.0. The first-order valence-electron chi connectivity index (χ1n) is 9.55. The van der Waals surface area contributed by atoms with E-state index in [0.717, 1.165) is 35.4 Å². The van der Waals surface area contributed by atoms with E-state index in [4.69, 9.17) is 10.7 Å². The Morgan fingerprint density at radius 3 is 2.86 bits per heavy atom. The average Bonchev–Trinajstić information content (AvgIpc) is 3.17. The maximum absolute atomic E-state index is 11.8. The molecule has 1 amide bonds. The first kappa shape index (κ1) is 18.2. The van der Waals surface area contributed by atoms with Gasteiger partial charge in [0.05, 0.1) is 11.9 Å².